The van der Waals surface area contributed by atoms with Crippen LogP contribution in [-0.2, 0) is 4.74 Å². The van der Waals surface area contributed by atoms with Gasteiger partial charge in [-0.2, -0.15) is 5.43 Å². The molecule has 1 unspecified atom stereocenters. The molecule has 0 saturated carbocycles. The number of hydrogen-bond donors (Lipinski definition) is 1. The summed E-state index contributed by atoms with van der Waals surface area (Å²) in [4.78, 5) is 10.6. The number of quaternary nitrogens is 1. The highest BCUT2D eigenvalue weighted by molar-refractivity contribution is 6.29. The second-order valence-corrected chi connectivity index (χ2v) is 6.32. The Balaban J connectivity index is 1.38. The Morgan fingerprint density at radius 1 is 1.24 bits per heavy atom. The lowest BCUT2D eigenvalue weighted by Gasteiger charge is -2.16. The molecule has 0 spiro atoms. The van der Waals surface area contributed by atoms with E-state index in [9.17, 15) is 0 Å². The Hall–Kier alpha value is -2.35. The molecule has 2 N–H and O–H groups in total. The summed E-state index contributed by atoms with van der Waals surface area (Å²) in [6.45, 7) is 2.10. The molecular weight excluding hydrogens is 340 g/mol. The molecule has 2 aliphatic heterocycles. The minimum Gasteiger partial charge on any atom is -0.366 e. The van der Waals surface area contributed by atoms with Gasteiger partial charge in [-0.05, 0) is 12.5 Å². The highest BCUT2D eigenvalue weighted by Crippen LogP contribution is 2.22. The lowest BCUT2D eigenvalue weighted by molar-refractivity contribution is -0.616. The van der Waals surface area contributed by atoms with Crippen LogP contribution in [0.5, 0.6) is 0 Å². The largest absolute Gasteiger partial charge is 0.366 e. The molecule has 1 aromatic heterocycles. The molecule has 1 aromatic carbocycles. The van der Waals surface area contributed by atoms with Crippen LogP contribution in [0.4, 0.5) is 5.95 Å². The Morgan fingerprint density at radius 2 is 2.12 bits per heavy atom. The first-order valence-electron chi connectivity index (χ1n) is 8.17. The van der Waals surface area contributed by atoms with E-state index in [-0.39, 0.29) is 6.10 Å². The second-order valence-electron chi connectivity index (χ2n) is 5.93. The van der Waals surface area contributed by atoms with E-state index in [0.29, 0.717) is 17.7 Å². The summed E-state index contributed by atoms with van der Waals surface area (Å²) < 4.78 is 6.08. The van der Waals surface area contributed by atoms with Crippen molar-refractivity contribution in [1.82, 2.24) is 9.97 Å². The number of nitrogens with two attached hydrogens (primary N) is 1. The minimum atomic E-state index is 0.126. The van der Waals surface area contributed by atoms with E-state index >= 15 is 0 Å². The summed E-state index contributed by atoms with van der Waals surface area (Å²) in [6, 6.07) is 11.7. The number of anilines is 1. The predicted molar refractivity (Wildman–Crippen MR) is 93.8 cm³/mol. The minimum absolute atomic E-state index is 0.126. The van der Waals surface area contributed by atoms with Crippen LogP contribution in [0, 0.1) is 0 Å². The maximum atomic E-state index is 6.08. The summed E-state index contributed by atoms with van der Waals surface area (Å²) in [7, 11) is 0. The van der Waals surface area contributed by atoms with E-state index < -0.39 is 0 Å². The number of hydrogen-bond acceptors (Lipinski definition) is 6. The highest BCUT2D eigenvalue weighted by atomic mass is 35.5. The van der Waals surface area contributed by atoms with E-state index in [4.69, 9.17) is 16.3 Å². The van der Waals surface area contributed by atoms with Gasteiger partial charge in [0.15, 0.2) is 11.4 Å². The summed E-state index contributed by atoms with van der Waals surface area (Å²) >= 11 is 5.94. The molecule has 1 atom stereocenters. The standard InChI is InChI=1S/C17H17ClN6O/c18-15-6-8-19-17(20-15)24-9-7-13(10-24)25-11-14-16(22-23-21-14)12-4-2-1-3-5-12/h1-6,8,13H,7,9-11H2,(H,21,22,23)/p+1. The van der Waals surface area contributed by atoms with Gasteiger partial charge in [0.25, 0.3) is 0 Å². The Morgan fingerprint density at radius 3 is 2.96 bits per heavy atom. The van der Waals surface area contributed by atoms with Crippen molar-refractivity contribution < 1.29 is 10.2 Å². The lowest BCUT2D eigenvalue weighted by Crippen LogP contribution is -2.75. The molecule has 1 fully saturated rings. The fourth-order valence-electron chi connectivity index (χ4n) is 2.96. The van der Waals surface area contributed by atoms with Crippen molar-refractivity contribution in [3.05, 3.63) is 59.0 Å². The summed E-state index contributed by atoms with van der Waals surface area (Å²) in [5.41, 5.74) is 4.71. The van der Waals surface area contributed by atoms with E-state index in [2.05, 4.69) is 25.2 Å². The molecule has 25 heavy (non-hydrogen) atoms. The van der Waals surface area contributed by atoms with Crippen LogP contribution >= 0.6 is 11.6 Å². The van der Waals surface area contributed by atoms with Crippen LogP contribution in [0.25, 0.3) is 5.70 Å². The molecule has 128 valence electrons. The zero-order valence-electron chi connectivity index (χ0n) is 13.5. The zero-order chi connectivity index (χ0) is 17.1. The van der Waals surface area contributed by atoms with Gasteiger partial charge < -0.3 is 9.64 Å². The zero-order valence-corrected chi connectivity index (χ0v) is 14.3. The summed E-state index contributed by atoms with van der Waals surface area (Å²) in [5, 5.41) is 8.72. The third-order valence-corrected chi connectivity index (χ3v) is 4.44. The number of benzene rings is 1. The molecule has 7 nitrogen and oxygen atoms in total. The van der Waals surface area contributed by atoms with Gasteiger partial charge in [0, 0.05) is 30.1 Å². The first kappa shape index (κ1) is 16.1. The van der Waals surface area contributed by atoms with Crippen LogP contribution in [0.15, 0.2) is 58.6 Å². The normalized spacial score (nSPS) is 19.9. The summed E-state index contributed by atoms with van der Waals surface area (Å²) in [6.07, 6.45) is 2.73. The van der Waals surface area contributed by atoms with Gasteiger partial charge in [-0.3, -0.25) is 0 Å². The molecule has 0 aliphatic carbocycles. The molecule has 0 radical (unpaired) electrons. The Kier molecular flexibility index (Phi) is 4.69. The van der Waals surface area contributed by atoms with Gasteiger partial charge in [0.05, 0.1) is 6.10 Å². The first-order chi connectivity index (χ1) is 12.3. The van der Waals surface area contributed by atoms with E-state index in [1.54, 1.807) is 17.7 Å². The molecule has 2 aromatic rings. The van der Waals surface area contributed by atoms with Crippen molar-refractivity contribution >= 4 is 23.2 Å². The molecular formula is C17H18ClN6O+. The van der Waals surface area contributed by atoms with Gasteiger partial charge in [0.1, 0.15) is 11.8 Å². The molecule has 0 bridgehead atoms. The number of ether oxygens (including phenoxy) is 1. The van der Waals surface area contributed by atoms with E-state index in [1.807, 2.05) is 30.3 Å². The van der Waals surface area contributed by atoms with Gasteiger partial charge in [0.2, 0.25) is 5.95 Å². The van der Waals surface area contributed by atoms with Gasteiger partial charge >= 0.3 is 0 Å². The van der Waals surface area contributed by atoms with Gasteiger partial charge in [-0.25, -0.2) is 9.97 Å². The average Bonchev–Trinajstić information content (AvgIpc) is 3.30. The number of halogens is 1. The van der Waals surface area contributed by atoms with Crippen molar-refractivity contribution in [3.8, 4) is 0 Å². The Labute approximate surface area is 150 Å². The molecule has 3 heterocycles. The molecule has 8 heteroatoms. The second kappa shape index (κ2) is 7.26. The topological polar surface area (TPSA) is 79.6 Å². The van der Waals surface area contributed by atoms with Crippen LogP contribution in [0.2, 0.25) is 5.15 Å². The maximum absolute atomic E-state index is 6.08. The fraction of sp³-hybridized carbons (Fsp3) is 0.294. The smallest absolute Gasteiger partial charge is 0.226 e. The van der Waals surface area contributed by atoms with Crippen molar-refractivity contribution in [2.45, 2.75) is 12.5 Å². The highest BCUT2D eigenvalue weighted by Gasteiger charge is 2.27. The maximum Gasteiger partial charge on any atom is 0.226 e. The lowest BCUT2D eigenvalue weighted by atomic mass is 10.1. The molecule has 4 rings (SSSR count). The third-order valence-electron chi connectivity index (χ3n) is 4.23. The van der Waals surface area contributed by atoms with Crippen molar-refractivity contribution in [1.29, 1.82) is 0 Å². The average molecular weight is 358 g/mol. The Bertz CT molecular complexity index is 810. The van der Waals surface area contributed by atoms with Crippen LogP contribution in [-0.4, -0.2) is 35.8 Å². The monoisotopic (exact) mass is 357 g/mol. The summed E-state index contributed by atoms with van der Waals surface area (Å²) in [5.74, 6) is 0.653. The number of aromatic nitrogens is 2. The quantitative estimate of drug-likeness (QED) is 0.656. The molecule has 2 aliphatic rings. The number of nitrogens with zero attached hydrogens (tertiary/aromatic N) is 5. The van der Waals surface area contributed by atoms with E-state index in [0.717, 1.165) is 36.5 Å². The molecule has 1 saturated heterocycles. The third kappa shape index (κ3) is 3.68. The van der Waals surface area contributed by atoms with Crippen LogP contribution < -0.4 is 10.3 Å². The molecule has 0 amide bonds. The van der Waals surface area contributed by atoms with Crippen molar-refractivity contribution in [2.75, 3.05) is 24.6 Å². The van der Waals surface area contributed by atoms with Gasteiger partial charge in [-0.15, -0.1) is 0 Å². The predicted octanol–water partition coefficient (Wildman–Crippen LogP) is 2.04. The first-order valence-corrected chi connectivity index (χ1v) is 8.55. The van der Waals surface area contributed by atoms with Crippen molar-refractivity contribution in [3.63, 3.8) is 0 Å². The van der Waals surface area contributed by atoms with Crippen LogP contribution in [0.3, 0.4) is 0 Å². The van der Waals surface area contributed by atoms with Crippen molar-refractivity contribution in [2.24, 2.45) is 10.3 Å². The van der Waals surface area contributed by atoms with Gasteiger partial charge in [-0.1, -0.05) is 47.0 Å². The van der Waals surface area contributed by atoms with Crippen LogP contribution in [0.1, 0.15) is 12.0 Å². The number of rotatable bonds is 5. The SMILES string of the molecule is Clc1ccnc(N2CCC(OCC3=C(c4ccccc4)N=N[NH2+]3)C2)n1. The van der Waals surface area contributed by atoms with E-state index in [1.165, 1.54) is 0 Å². The fourth-order valence-corrected chi connectivity index (χ4v) is 3.09.